The van der Waals surface area contributed by atoms with E-state index < -0.39 is 23.7 Å². The molecule has 0 bridgehead atoms. The zero-order valence-electron chi connectivity index (χ0n) is 12.9. The summed E-state index contributed by atoms with van der Waals surface area (Å²) in [6.07, 6.45) is -0.244. The molecule has 5 nitrogen and oxygen atoms in total. The van der Waals surface area contributed by atoms with E-state index in [0.717, 1.165) is 6.07 Å². The molecular weight excluding hydrogens is 323 g/mol. The van der Waals surface area contributed by atoms with E-state index in [1.54, 1.807) is 0 Å². The third kappa shape index (κ3) is 3.47. The number of nitrogens with zero attached hydrogens (tertiary/aromatic N) is 1. The number of carbonyl (C=O) groups is 2. The highest BCUT2D eigenvalue weighted by Gasteiger charge is 2.35. The highest BCUT2D eigenvalue weighted by Crippen LogP contribution is 2.33. The molecule has 0 radical (unpaired) electrons. The molecule has 0 spiro atoms. The van der Waals surface area contributed by atoms with Crippen molar-refractivity contribution in [3.05, 3.63) is 29.6 Å². The first-order valence-electron chi connectivity index (χ1n) is 7.89. The van der Waals surface area contributed by atoms with Crippen LogP contribution in [-0.2, 0) is 0 Å². The predicted molar refractivity (Wildman–Crippen MR) is 81.8 cm³/mol. The number of anilines is 1. The molecule has 2 fully saturated rings. The molecule has 1 aliphatic heterocycles. The SMILES string of the molecule is O=C(NC1CCC(F)(F)CC1)c1cc(N2CCNC2=O)ccc1F. The Balaban J connectivity index is 1.71. The molecule has 0 aromatic heterocycles. The van der Waals surface area contributed by atoms with Gasteiger partial charge in [0.1, 0.15) is 5.82 Å². The van der Waals surface area contributed by atoms with Crippen molar-refractivity contribution in [2.75, 3.05) is 18.0 Å². The van der Waals surface area contributed by atoms with Gasteiger partial charge in [-0.15, -0.1) is 0 Å². The molecule has 24 heavy (non-hydrogen) atoms. The summed E-state index contributed by atoms with van der Waals surface area (Å²) < 4.78 is 40.3. The van der Waals surface area contributed by atoms with E-state index in [4.69, 9.17) is 0 Å². The average molecular weight is 341 g/mol. The topological polar surface area (TPSA) is 61.4 Å². The summed E-state index contributed by atoms with van der Waals surface area (Å²) in [6.45, 7) is 0.914. The molecule has 2 aliphatic rings. The van der Waals surface area contributed by atoms with E-state index in [9.17, 15) is 22.8 Å². The van der Waals surface area contributed by atoms with Crippen LogP contribution in [0.1, 0.15) is 36.0 Å². The van der Waals surface area contributed by atoms with Gasteiger partial charge in [0.25, 0.3) is 5.91 Å². The van der Waals surface area contributed by atoms with Crippen LogP contribution in [0.15, 0.2) is 18.2 Å². The minimum atomic E-state index is -2.69. The first-order chi connectivity index (χ1) is 11.4. The maximum Gasteiger partial charge on any atom is 0.321 e. The fourth-order valence-corrected chi connectivity index (χ4v) is 3.02. The van der Waals surface area contributed by atoms with Crippen LogP contribution in [0.3, 0.4) is 0 Å². The Kier molecular flexibility index (Phi) is 4.38. The van der Waals surface area contributed by atoms with Crippen LogP contribution in [0.5, 0.6) is 0 Å². The van der Waals surface area contributed by atoms with Gasteiger partial charge in [0.05, 0.1) is 5.56 Å². The maximum atomic E-state index is 14.0. The van der Waals surface area contributed by atoms with Crippen molar-refractivity contribution in [2.45, 2.75) is 37.6 Å². The van der Waals surface area contributed by atoms with Gasteiger partial charge in [0.15, 0.2) is 0 Å². The Bertz CT molecular complexity index is 656. The fourth-order valence-electron chi connectivity index (χ4n) is 3.02. The van der Waals surface area contributed by atoms with Crippen molar-refractivity contribution in [2.24, 2.45) is 0 Å². The van der Waals surface area contributed by atoms with E-state index in [1.807, 2.05) is 0 Å². The summed E-state index contributed by atoms with van der Waals surface area (Å²) in [7, 11) is 0. The van der Waals surface area contributed by atoms with Crippen molar-refractivity contribution >= 4 is 17.6 Å². The van der Waals surface area contributed by atoms with Gasteiger partial charge in [0, 0.05) is 37.7 Å². The van der Waals surface area contributed by atoms with Crippen molar-refractivity contribution in [3.8, 4) is 0 Å². The average Bonchev–Trinajstić information content (AvgIpc) is 2.96. The van der Waals surface area contributed by atoms with Gasteiger partial charge in [-0.3, -0.25) is 9.69 Å². The van der Waals surface area contributed by atoms with Crippen LogP contribution < -0.4 is 15.5 Å². The molecule has 3 amide bonds. The second-order valence-electron chi connectivity index (χ2n) is 6.15. The lowest BCUT2D eigenvalue weighted by molar-refractivity contribution is -0.0399. The first kappa shape index (κ1) is 16.6. The number of benzene rings is 1. The van der Waals surface area contributed by atoms with Crippen molar-refractivity contribution in [3.63, 3.8) is 0 Å². The quantitative estimate of drug-likeness (QED) is 0.888. The lowest BCUT2D eigenvalue weighted by Crippen LogP contribution is -2.40. The number of carbonyl (C=O) groups excluding carboxylic acids is 2. The van der Waals surface area contributed by atoms with Gasteiger partial charge in [-0.1, -0.05) is 0 Å². The van der Waals surface area contributed by atoms with Crippen LogP contribution in [0.2, 0.25) is 0 Å². The number of hydrogen-bond acceptors (Lipinski definition) is 2. The summed E-state index contributed by atoms with van der Waals surface area (Å²) >= 11 is 0. The molecule has 1 aromatic carbocycles. The minimum absolute atomic E-state index is 0.161. The molecule has 130 valence electrons. The van der Waals surface area contributed by atoms with Gasteiger partial charge in [-0.05, 0) is 31.0 Å². The Morgan fingerprint density at radius 3 is 2.62 bits per heavy atom. The lowest BCUT2D eigenvalue weighted by atomic mass is 9.92. The Hall–Kier alpha value is -2.25. The highest BCUT2D eigenvalue weighted by atomic mass is 19.3. The number of alkyl halides is 2. The number of hydrogen-bond donors (Lipinski definition) is 2. The predicted octanol–water partition coefficient (Wildman–Crippen LogP) is 2.66. The molecule has 3 rings (SSSR count). The molecule has 8 heteroatoms. The third-order valence-corrected chi connectivity index (χ3v) is 4.42. The van der Waals surface area contributed by atoms with E-state index in [-0.39, 0.29) is 37.3 Å². The lowest BCUT2D eigenvalue weighted by Gasteiger charge is -2.28. The van der Waals surface area contributed by atoms with Crippen molar-refractivity contribution in [1.82, 2.24) is 10.6 Å². The van der Waals surface area contributed by atoms with E-state index in [2.05, 4.69) is 10.6 Å². The van der Waals surface area contributed by atoms with Crippen molar-refractivity contribution < 1.29 is 22.8 Å². The van der Waals surface area contributed by atoms with Gasteiger partial charge in [-0.25, -0.2) is 18.0 Å². The van der Waals surface area contributed by atoms with Gasteiger partial charge in [0.2, 0.25) is 5.92 Å². The zero-order valence-corrected chi connectivity index (χ0v) is 12.9. The van der Waals surface area contributed by atoms with Crippen molar-refractivity contribution in [1.29, 1.82) is 0 Å². The van der Waals surface area contributed by atoms with Crippen LogP contribution in [0, 0.1) is 5.82 Å². The third-order valence-electron chi connectivity index (χ3n) is 4.42. The largest absolute Gasteiger partial charge is 0.349 e. The monoisotopic (exact) mass is 341 g/mol. The molecule has 0 atom stereocenters. The fraction of sp³-hybridized carbons (Fsp3) is 0.500. The smallest absolute Gasteiger partial charge is 0.321 e. The second-order valence-corrected chi connectivity index (χ2v) is 6.15. The Morgan fingerprint density at radius 1 is 1.29 bits per heavy atom. The maximum absolute atomic E-state index is 14.0. The van der Waals surface area contributed by atoms with Crippen LogP contribution >= 0.6 is 0 Å². The van der Waals surface area contributed by atoms with E-state index in [1.165, 1.54) is 17.0 Å². The summed E-state index contributed by atoms with van der Waals surface area (Å²) in [6, 6.07) is 3.17. The number of urea groups is 1. The second kappa shape index (κ2) is 6.33. The Labute approximate surface area is 137 Å². The summed E-state index contributed by atoms with van der Waals surface area (Å²) in [5.74, 6) is -4.05. The molecule has 0 unspecified atom stereocenters. The molecule has 1 saturated carbocycles. The number of nitrogens with one attached hydrogen (secondary N) is 2. The minimum Gasteiger partial charge on any atom is -0.349 e. The molecule has 1 aliphatic carbocycles. The normalized spacial score (nSPS) is 20.8. The summed E-state index contributed by atoms with van der Waals surface area (Å²) in [5.41, 5.74) is 0.233. The molecule has 1 saturated heterocycles. The van der Waals surface area contributed by atoms with Crippen LogP contribution in [-0.4, -0.2) is 37.0 Å². The molecule has 1 heterocycles. The standard InChI is InChI=1S/C16H18F3N3O2/c17-13-2-1-11(22-8-7-20-15(22)24)9-12(13)14(23)21-10-3-5-16(18,19)6-4-10/h1-2,9-10H,3-8H2,(H,20,24)(H,21,23). The number of halogens is 3. The van der Waals surface area contributed by atoms with Gasteiger partial charge in [-0.2, -0.15) is 0 Å². The van der Waals surface area contributed by atoms with E-state index >= 15 is 0 Å². The van der Waals surface area contributed by atoms with Gasteiger partial charge < -0.3 is 10.6 Å². The van der Waals surface area contributed by atoms with E-state index in [0.29, 0.717) is 18.8 Å². The number of rotatable bonds is 3. The van der Waals surface area contributed by atoms with Gasteiger partial charge >= 0.3 is 6.03 Å². The first-order valence-corrected chi connectivity index (χ1v) is 7.89. The molecule has 2 N–H and O–H groups in total. The molecule has 1 aromatic rings. The zero-order chi connectivity index (χ0) is 17.3. The molecular formula is C16H18F3N3O2. The van der Waals surface area contributed by atoms with Crippen LogP contribution in [0.25, 0.3) is 0 Å². The summed E-state index contributed by atoms with van der Waals surface area (Å²) in [5, 5.41) is 5.24. The Morgan fingerprint density at radius 2 is 2.00 bits per heavy atom. The summed E-state index contributed by atoms with van der Waals surface area (Å²) in [4.78, 5) is 25.4. The van der Waals surface area contributed by atoms with Crippen LogP contribution in [0.4, 0.5) is 23.7 Å². The highest BCUT2D eigenvalue weighted by molar-refractivity contribution is 5.98. The number of amides is 3.